The van der Waals surface area contributed by atoms with Crippen LogP contribution in [-0.2, 0) is 6.42 Å². The van der Waals surface area contributed by atoms with Crippen LogP contribution >= 0.6 is 0 Å². The molecule has 0 unspecified atom stereocenters. The maximum Gasteiger partial charge on any atom is -0.00939 e. The Hall–Kier alpha value is -7.28. The smallest absolute Gasteiger partial charge is 0.00939 e. The fourth-order valence-corrected chi connectivity index (χ4v) is 9.00. The zero-order valence-corrected chi connectivity index (χ0v) is 31.5. The molecular formula is C57H38. The SMILES string of the molecule is C=Cc1ccc(-c2ccc3ccc4ccccc4c3c2)cc1/C=C\Cc1ccc2cc(-c3ccc4ccc5c(ccc6c7ccccc7ccc65)c4c3)ccc2c1. The van der Waals surface area contributed by atoms with Crippen molar-refractivity contribution in [3.63, 3.8) is 0 Å². The largest absolute Gasteiger partial charge is 0.0984 e. The molecule has 11 aromatic rings. The van der Waals surface area contributed by atoms with Crippen LogP contribution in [0.2, 0.25) is 0 Å². The molecule has 0 saturated carbocycles. The van der Waals surface area contributed by atoms with Gasteiger partial charge in [-0.15, -0.1) is 0 Å². The molecule has 0 aromatic heterocycles. The van der Waals surface area contributed by atoms with E-state index in [-0.39, 0.29) is 0 Å². The van der Waals surface area contributed by atoms with Crippen LogP contribution in [0.25, 0.3) is 110 Å². The highest BCUT2D eigenvalue weighted by Crippen LogP contribution is 2.37. The minimum Gasteiger partial charge on any atom is -0.0984 e. The molecular weight excluding hydrogens is 685 g/mol. The van der Waals surface area contributed by atoms with Crippen LogP contribution in [0.3, 0.4) is 0 Å². The molecule has 11 aromatic carbocycles. The summed E-state index contributed by atoms with van der Waals surface area (Å²) in [5.41, 5.74) is 8.50. The van der Waals surface area contributed by atoms with Crippen LogP contribution in [0.4, 0.5) is 0 Å². The van der Waals surface area contributed by atoms with Crippen LogP contribution in [0, 0.1) is 0 Å². The summed E-state index contributed by atoms with van der Waals surface area (Å²) in [7, 11) is 0. The minimum absolute atomic E-state index is 0.850. The third-order valence-corrected chi connectivity index (χ3v) is 12.0. The predicted octanol–water partition coefficient (Wildman–Crippen LogP) is 16.0. The van der Waals surface area contributed by atoms with Crippen molar-refractivity contribution >= 4 is 87.6 Å². The van der Waals surface area contributed by atoms with E-state index in [4.69, 9.17) is 0 Å². The van der Waals surface area contributed by atoms with Crippen molar-refractivity contribution in [3.05, 3.63) is 217 Å². The molecule has 266 valence electrons. The van der Waals surface area contributed by atoms with E-state index in [0.29, 0.717) is 0 Å². The predicted molar refractivity (Wildman–Crippen MR) is 249 cm³/mol. The normalized spacial score (nSPS) is 11.9. The molecule has 0 bridgehead atoms. The van der Waals surface area contributed by atoms with E-state index in [1.165, 1.54) is 109 Å². The van der Waals surface area contributed by atoms with Crippen molar-refractivity contribution in [2.45, 2.75) is 6.42 Å². The van der Waals surface area contributed by atoms with Gasteiger partial charge in [-0.05, 0) is 145 Å². The number of benzene rings is 11. The standard InChI is InChI=1S/C57H38/c1-2-38-16-21-46(48-22-19-41-18-17-39-9-4-6-13-51(39)56(41)35-48)33-43(38)11-7-8-37-14-15-45-34-47(25-24-44(45)32-37)49-23-20-42-27-29-54-53-28-26-40-10-3-5-12-50(40)52(53)30-31-55(54)57(42)36-49/h2-7,9-36H,1,8H2/b11-7-. The average molecular weight is 723 g/mol. The van der Waals surface area contributed by atoms with Crippen molar-refractivity contribution in [1.82, 2.24) is 0 Å². The molecule has 0 aliphatic rings. The van der Waals surface area contributed by atoms with E-state index in [1.807, 2.05) is 6.08 Å². The lowest BCUT2D eigenvalue weighted by Crippen LogP contribution is -1.87. The van der Waals surface area contributed by atoms with Gasteiger partial charge in [0.1, 0.15) is 0 Å². The Kier molecular flexibility index (Phi) is 7.83. The molecule has 0 amide bonds. The van der Waals surface area contributed by atoms with Gasteiger partial charge < -0.3 is 0 Å². The van der Waals surface area contributed by atoms with Crippen molar-refractivity contribution < 1.29 is 0 Å². The first-order valence-electron chi connectivity index (χ1n) is 19.8. The first-order chi connectivity index (χ1) is 28.2. The number of fused-ring (bicyclic) bond motifs is 11. The van der Waals surface area contributed by atoms with Crippen LogP contribution in [0.15, 0.2) is 201 Å². The Balaban J connectivity index is 0.872. The average Bonchev–Trinajstić information content (AvgIpc) is 3.28. The van der Waals surface area contributed by atoms with Crippen LogP contribution in [0.1, 0.15) is 16.7 Å². The summed E-state index contributed by atoms with van der Waals surface area (Å²) >= 11 is 0. The number of hydrogen-bond donors (Lipinski definition) is 0. The van der Waals surface area contributed by atoms with Crippen LogP contribution < -0.4 is 0 Å². The molecule has 0 radical (unpaired) electrons. The molecule has 0 heterocycles. The summed E-state index contributed by atoms with van der Waals surface area (Å²) in [5.74, 6) is 0. The third kappa shape index (κ3) is 5.77. The highest BCUT2D eigenvalue weighted by Gasteiger charge is 2.10. The van der Waals surface area contributed by atoms with Crippen molar-refractivity contribution in [3.8, 4) is 22.3 Å². The quantitative estimate of drug-likeness (QED) is 0.150. The topological polar surface area (TPSA) is 0 Å². The monoisotopic (exact) mass is 722 g/mol. The van der Waals surface area contributed by atoms with Gasteiger partial charge in [0.05, 0.1) is 0 Å². The Morgan fingerprint density at radius 3 is 1.44 bits per heavy atom. The van der Waals surface area contributed by atoms with Crippen LogP contribution in [-0.4, -0.2) is 0 Å². The molecule has 0 N–H and O–H groups in total. The van der Waals surface area contributed by atoms with Gasteiger partial charge in [0.15, 0.2) is 0 Å². The van der Waals surface area contributed by atoms with Gasteiger partial charge in [-0.3, -0.25) is 0 Å². The molecule has 57 heavy (non-hydrogen) atoms. The molecule has 0 spiro atoms. The van der Waals surface area contributed by atoms with E-state index >= 15 is 0 Å². The molecule has 0 aliphatic heterocycles. The first-order valence-corrected chi connectivity index (χ1v) is 19.8. The van der Waals surface area contributed by atoms with Gasteiger partial charge >= 0.3 is 0 Å². The van der Waals surface area contributed by atoms with E-state index in [1.54, 1.807) is 0 Å². The fourth-order valence-electron chi connectivity index (χ4n) is 9.00. The van der Waals surface area contributed by atoms with Gasteiger partial charge in [0.2, 0.25) is 0 Å². The summed E-state index contributed by atoms with van der Waals surface area (Å²) in [5, 5.41) is 18.0. The highest BCUT2D eigenvalue weighted by molar-refractivity contribution is 6.22. The maximum absolute atomic E-state index is 4.11. The van der Waals surface area contributed by atoms with Gasteiger partial charge in [0, 0.05) is 0 Å². The Morgan fingerprint density at radius 1 is 0.316 bits per heavy atom. The first kappa shape index (κ1) is 33.1. The lowest BCUT2D eigenvalue weighted by atomic mass is 9.92. The van der Waals surface area contributed by atoms with Gasteiger partial charge in [-0.2, -0.15) is 0 Å². The summed E-state index contributed by atoms with van der Waals surface area (Å²) in [6.45, 7) is 4.11. The fraction of sp³-hybridized carbons (Fsp3) is 0.0175. The number of allylic oxidation sites excluding steroid dienone is 1. The highest BCUT2D eigenvalue weighted by atomic mass is 14.1. The zero-order chi connectivity index (χ0) is 37.9. The summed E-state index contributed by atoms with van der Waals surface area (Å²) in [6.07, 6.45) is 7.33. The molecule has 0 aliphatic carbocycles. The van der Waals surface area contributed by atoms with Gasteiger partial charge in [-0.25, -0.2) is 0 Å². The van der Waals surface area contributed by atoms with Crippen molar-refractivity contribution in [2.24, 2.45) is 0 Å². The lowest BCUT2D eigenvalue weighted by Gasteiger charge is -2.12. The van der Waals surface area contributed by atoms with Gasteiger partial charge in [-0.1, -0.05) is 189 Å². The summed E-state index contributed by atoms with van der Waals surface area (Å²) < 4.78 is 0. The Morgan fingerprint density at radius 2 is 0.754 bits per heavy atom. The second-order valence-corrected chi connectivity index (χ2v) is 15.3. The second kappa shape index (κ2) is 13.5. The second-order valence-electron chi connectivity index (χ2n) is 15.3. The lowest BCUT2D eigenvalue weighted by molar-refractivity contribution is 1.29. The van der Waals surface area contributed by atoms with Crippen molar-refractivity contribution in [1.29, 1.82) is 0 Å². The van der Waals surface area contributed by atoms with Crippen molar-refractivity contribution in [2.75, 3.05) is 0 Å². The molecule has 11 rings (SSSR count). The zero-order valence-electron chi connectivity index (χ0n) is 31.5. The van der Waals surface area contributed by atoms with E-state index in [2.05, 4.69) is 207 Å². The van der Waals surface area contributed by atoms with Crippen LogP contribution in [0.5, 0.6) is 0 Å². The molecule has 0 fully saturated rings. The minimum atomic E-state index is 0.850. The molecule has 0 nitrogen and oxygen atoms in total. The van der Waals surface area contributed by atoms with E-state index < -0.39 is 0 Å². The molecule has 0 atom stereocenters. The van der Waals surface area contributed by atoms with E-state index in [0.717, 1.165) is 12.0 Å². The third-order valence-electron chi connectivity index (χ3n) is 12.0. The Labute approximate surface area is 332 Å². The number of hydrogen-bond acceptors (Lipinski definition) is 0. The number of rotatable bonds is 6. The van der Waals surface area contributed by atoms with E-state index in [9.17, 15) is 0 Å². The molecule has 0 saturated heterocycles. The Bertz CT molecular complexity index is 3450. The summed E-state index contributed by atoms with van der Waals surface area (Å²) in [6, 6.07) is 69.6. The maximum atomic E-state index is 4.11. The molecule has 0 heteroatoms. The summed E-state index contributed by atoms with van der Waals surface area (Å²) in [4.78, 5) is 0. The van der Waals surface area contributed by atoms with Gasteiger partial charge in [0.25, 0.3) is 0 Å².